The van der Waals surface area contributed by atoms with Crippen molar-refractivity contribution in [3.63, 3.8) is 0 Å². The maximum atomic E-state index is 12.1. The molecule has 2 rings (SSSR count). The zero-order chi connectivity index (χ0) is 12.3. The molecule has 0 atom stereocenters. The van der Waals surface area contributed by atoms with Crippen molar-refractivity contribution in [1.82, 2.24) is 19.1 Å². The van der Waals surface area contributed by atoms with Crippen LogP contribution in [0.15, 0.2) is 17.4 Å². The maximum absolute atomic E-state index is 12.1. The fourth-order valence-electron chi connectivity index (χ4n) is 1.71. The highest BCUT2D eigenvalue weighted by Crippen LogP contribution is 2.06. The molecule has 0 N–H and O–H groups in total. The van der Waals surface area contributed by atoms with E-state index in [1.54, 1.807) is 6.33 Å². The molecule has 0 aliphatic carbocycles. The zero-order valence-electron chi connectivity index (χ0n) is 9.76. The van der Waals surface area contributed by atoms with E-state index in [9.17, 15) is 4.79 Å². The van der Waals surface area contributed by atoms with Gasteiger partial charge >= 0.3 is 0 Å². The second kappa shape index (κ2) is 4.83. The van der Waals surface area contributed by atoms with Gasteiger partial charge in [0.2, 0.25) is 0 Å². The number of hydrogen-bond acceptors (Lipinski definition) is 3. The number of rotatable bonds is 4. The van der Waals surface area contributed by atoms with Crippen LogP contribution in [0.1, 0.15) is 19.8 Å². The molecule has 0 amide bonds. The summed E-state index contributed by atoms with van der Waals surface area (Å²) in [6.07, 6.45) is 10.4. The summed E-state index contributed by atoms with van der Waals surface area (Å²) in [5.74, 6) is 2.44. The topological polar surface area (TPSA) is 52.7 Å². The Kier molecular flexibility index (Phi) is 3.24. The molecular formula is C12H14N4O. The summed E-state index contributed by atoms with van der Waals surface area (Å²) in [7, 11) is 0. The molecule has 0 aliphatic heterocycles. The minimum Gasteiger partial charge on any atom is -0.325 e. The first-order chi connectivity index (χ1) is 8.27. The largest absolute Gasteiger partial charge is 0.325 e. The highest BCUT2D eigenvalue weighted by atomic mass is 16.1. The summed E-state index contributed by atoms with van der Waals surface area (Å²) in [4.78, 5) is 20.4. The lowest BCUT2D eigenvalue weighted by molar-refractivity contribution is 0.641. The van der Waals surface area contributed by atoms with Crippen molar-refractivity contribution < 1.29 is 0 Å². The molecule has 0 radical (unpaired) electrons. The molecule has 0 fully saturated rings. The minimum atomic E-state index is -0.124. The average molecular weight is 230 g/mol. The molecule has 2 aromatic heterocycles. The average Bonchev–Trinajstić information content (AvgIpc) is 2.74. The van der Waals surface area contributed by atoms with Gasteiger partial charge in [-0.2, -0.15) is 0 Å². The van der Waals surface area contributed by atoms with Crippen LogP contribution in [0.4, 0.5) is 0 Å². The number of aromatic nitrogens is 4. The predicted octanol–water partition coefficient (Wildman–Crippen LogP) is 1.03. The molecule has 0 aliphatic rings. The Labute approximate surface area is 99.1 Å². The van der Waals surface area contributed by atoms with E-state index in [2.05, 4.69) is 22.8 Å². The molecule has 2 aromatic rings. The first-order valence-corrected chi connectivity index (χ1v) is 5.61. The van der Waals surface area contributed by atoms with Gasteiger partial charge in [0.1, 0.15) is 6.33 Å². The summed E-state index contributed by atoms with van der Waals surface area (Å²) in [5.41, 5.74) is 0.900. The summed E-state index contributed by atoms with van der Waals surface area (Å²) in [5, 5.41) is 0. The van der Waals surface area contributed by atoms with Crippen LogP contribution < -0.4 is 5.56 Å². The standard InChI is InChI=1S/C12H14N4O/c1-3-5-7-15-8-13-11-10(15)12(17)16(6-4-2)9-14-11/h2,8-9H,3,5-7H2,1H3. The highest BCUT2D eigenvalue weighted by molar-refractivity contribution is 5.69. The van der Waals surface area contributed by atoms with Crippen LogP contribution in [0.2, 0.25) is 0 Å². The van der Waals surface area contributed by atoms with Crippen molar-refractivity contribution in [3.8, 4) is 12.3 Å². The molecule has 0 spiro atoms. The SMILES string of the molecule is C#CCn1cnc2ncn(CCCC)c2c1=O. The van der Waals surface area contributed by atoms with Crippen LogP contribution in [0.3, 0.4) is 0 Å². The van der Waals surface area contributed by atoms with Gasteiger partial charge in [-0.25, -0.2) is 9.97 Å². The number of imidazole rings is 1. The molecule has 5 nitrogen and oxygen atoms in total. The van der Waals surface area contributed by atoms with E-state index in [0.717, 1.165) is 19.4 Å². The molecular weight excluding hydrogens is 216 g/mol. The van der Waals surface area contributed by atoms with E-state index in [4.69, 9.17) is 6.42 Å². The number of aryl methyl sites for hydroxylation is 1. The van der Waals surface area contributed by atoms with E-state index in [1.807, 2.05) is 4.57 Å². The van der Waals surface area contributed by atoms with E-state index in [0.29, 0.717) is 11.2 Å². The van der Waals surface area contributed by atoms with Crippen molar-refractivity contribution in [3.05, 3.63) is 23.0 Å². The fourth-order valence-corrected chi connectivity index (χ4v) is 1.71. The molecule has 88 valence electrons. The van der Waals surface area contributed by atoms with Crippen molar-refractivity contribution in [2.75, 3.05) is 0 Å². The van der Waals surface area contributed by atoms with Gasteiger partial charge in [-0.15, -0.1) is 6.42 Å². The molecule has 17 heavy (non-hydrogen) atoms. The molecule has 0 saturated heterocycles. The van der Waals surface area contributed by atoms with Crippen molar-refractivity contribution in [1.29, 1.82) is 0 Å². The smallest absolute Gasteiger partial charge is 0.280 e. The lowest BCUT2D eigenvalue weighted by Crippen LogP contribution is -2.22. The Morgan fingerprint density at radius 2 is 2.06 bits per heavy atom. The van der Waals surface area contributed by atoms with Crippen LogP contribution in [0, 0.1) is 12.3 Å². The van der Waals surface area contributed by atoms with Crippen LogP contribution in [0.25, 0.3) is 11.2 Å². The van der Waals surface area contributed by atoms with Crippen LogP contribution in [-0.2, 0) is 13.1 Å². The number of hydrogen-bond donors (Lipinski definition) is 0. The van der Waals surface area contributed by atoms with Gasteiger partial charge in [0.25, 0.3) is 5.56 Å². The van der Waals surface area contributed by atoms with Gasteiger partial charge in [0.05, 0.1) is 12.9 Å². The van der Waals surface area contributed by atoms with Gasteiger partial charge in [-0.05, 0) is 6.42 Å². The number of terminal acetylenes is 1. The number of unbranched alkanes of at least 4 members (excludes halogenated alkanes) is 1. The molecule has 0 aromatic carbocycles. The lowest BCUT2D eigenvalue weighted by atomic mass is 10.3. The third kappa shape index (κ3) is 2.07. The summed E-state index contributed by atoms with van der Waals surface area (Å²) < 4.78 is 3.27. The van der Waals surface area contributed by atoms with Crippen LogP contribution in [-0.4, -0.2) is 19.1 Å². The molecule has 5 heteroatoms. The Morgan fingerprint density at radius 1 is 1.35 bits per heavy atom. The van der Waals surface area contributed by atoms with Gasteiger partial charge in [0.15, 0.2) is 11.2 Å². The van der Waals surface area contributed by atoms with Gasteiger partial charge in [-0.1, -0.05) is 19.3 Å². The van der Waals surface area contributed by atoms with Gasteiger partial charge < -0.3 is 4.57 Å². The Balaban J connectivity index is 2.53. The number of nitrogens with zero attached hydrogens (tertiary/aromatic N) is 4. The van der Waals surface area contributed by atoms with Crippen molar-refractivity contribution in [2.45, 2.75) is 32.9 Å². The summed E-state index contributed by atoms with van der Waals surface area (Å²) >= 11 is 0. The van der Waals surface area contributed by atoms with Crippen molar-refractivity contribution >= 4 is 11.2 Å². The highest BCUT2D eigenvalue weighted by Gasteiger charge is 2.09. The molecule has 0 saturated carbocycles. The van der Waals surface area contributed by atoms with Crippen LogP contribution in [0.5, 0.6) is 0 Å². The first-order valence-electron chi connectivity index (χ1n) is 5.61. The quantitative estimate of drug-likeness (QED) is 0.737. The Bertz CT molecular complexity index is 617. The molecule has 0 bridgehead atoms. The lowest BCUT2D eigenvalue weighted by Gasteiger charge is -2.03. The predicted molar refractivity (Wildman–Crippen MR) is 65.5 cm³/mol. The Hall–Kier alpha value is -2.09. The van der Waals surface area contributed by atoms with E-state index in [-0.39, 0.29) is 12.1 Å². The second-order valence-electron chi connectivity index (χ2n) is 3.85. The van der Waals surface area contributed by atoms with E-state index < -0.39 is 0 Å². The first kappa shape index (κ1) is 11.4. The normalized spacial score (nSPS) is 10.6. The zero-order valence-corrected chi connectivity index (χ0v) is 9.76. The molecule has 2 heterocycles. The summed E-state index contributed by atoms with van der Waals surface area (Å²) in [6, 6.07) is 0. The minimum absolute atomic E-state index is 0.124. The summed E-state index contributed by atoms with van der Waals surface area (Å²) in [6.45, 7) is 3.12. The van der Waals surface area contributed by atoms with E-state index >= 15 is 0 Å². The monoisotopic (exact) mass is 230 g/mol. The Morgan fingerprint density at radius 3 is 2.71 bits per heavy atom. The third-order valence-corrected chi connectivity index (χ3v) is 2.62. The van der Waals surface area contributed by atoms with Crippen LogP contribution >= 0.6 is 0 Å². The number of fused-ring (bicyclic) bond motifs is 1. The third-order valence-electron chi connectivity index (χ3n) is 2.62. The van der Waals surface area contributed by atoms with Gasteiger partial charge in [-0.3, -0.25) is 9.36 Å². The van der Waals surface area contributed by atoms with E-state index in [1.165, 1.54) is 10.9 Å². The maximum Gasteiger partial charge on any atom is 0.280 e. The second-order valence-corrected chi connectivity index (χ2v) is 3.85. The molecule has 0 unspecified atom stereocenters. The van der Waals surface area contributed by atoms with Crippen molar-refractivity contribution in [2.24, 2.45) is 0 Å². The fraction of sp³-hybridized carbons (Fsp3) is 0.417. The van der Waals surface area contributed by atoms with Gasteiger partial charge in [0, 0.05) is 6.54 Å².